The largest absolute Gasteiger partial charge is 0.447 e. The predicted molar refractivity (Wildman–Crippen MR) is 63.8 cm³/mol. The maximum absolute atomic E-state index is 11.0. The summed E-state index contributed by atoms with van der Waals surface area (Å²) in [6.07, 6.45) is 1.71. The van der Waals surface area contributed by atoms with Crippen LogP contribution in [0.4, 0.5) is 0 Å². The normalized spacial score (nSPS) is 11.9. The molecule has 0 aliphatic rings. The van der Waals surface area contributed by atoms with Gasteiger partial charge in [0, 0.05) is 19.8 Å². The van der Waals surface area contributed by atoms with E-state index in [1.54, 1.807) is 16.9 Å². The van der Waals surface area contributed by atoms with Crippen LogP contribution in [0.15, 0.2) is 33.9 Å². The van der Waals surface area contributed by atoms with Crippen molar-refractivity contribution in [3.63, 3.8) is 0 Å². The summed E-state index contributed by atoms with van der Waals surface area (Å²) in [5.41, 5.74) is 1.02. The maximum Gasteiger partial charge on any atom is 0.271 e. The SMILES string of the molecule is Cn1nccc1CNCc1ccc(S(N)(=O)=O)o1. The Morgan fingerprint density at radius 2 is 2.17 bits per heavy atom. The van der Waals surface area contributed by atoms with E-state index in [1.807, 2.05) is 13.1 Å². The van der Waals surface area contributed by atoms with Gasteiger partial charge in [0.05, 0.1) is 12.2 Å². The molecule has 0 fully saturated rings. The van der Waals surface area contributed by atoms with E-state index >= 15 is 0 Å². The maximum atomic E-state index is 11.0. The lowest BCUT2D eigenvalue weighted by atomic mass is 10.4. The Morgan fingerprint density at radius 3 is 2.72 bits per heavy atom. The van der Waals surface area contributed by atoms with E-state index in [2.05, 4.69) is 10.4 Å². The zero-order valence-electron chi connectivity index (χ0n) is 9.83. The van der Waals surface area contributed by atoms with E-state index in [-0.39, 0.29) is 5.09 Å². The highest BCUT2D eigenvalue weighted by Gasteiger charge is 2.12. The van der Waals surface area contributed by atoms with Crippen molar-refractivity contribution in [3.8, 4) is 0 Å². The molecular weight excluding hydrogens is 256 g/mol. The molecule has 0 unspecified atom stereocenters. The second-order valence-corrected chi connectivity index (χ2v) is 5.31. The molecule has 0 bridgehead atoms. The minimum Gasteiger partial charge on any atom is -0.447 e. The van der Waals surface area contributed by atoms with E-state index in [0.717, 1.165) is 5.69 Å². The van der Waals surface area contributed by atoms with Gasteiger partial charge in [-0.05, 0) is 18.2 Å². The Morgan fingerprint density at radius 1 is 1.39 bits per heavy atom. The fraction of sp³-hybridized carbons (Fsp3) is 0.300. The predicted octanol–water partition coefficient (Wildman–Crippen LogP) is -0.0497. The third kappa shape index (κ3) is 2.97. The van der Waals surface area contributed by atoms with E-state index in [0.29, 0.717) is 18.8 Å². The van der Waals surface area contributed by atoms with Crippen LogP contribution in [0.25, 0.3) is 0 Å². The Kier molecular flexibility index (Phi) is 3.50. The third-order valence-electron chi connectivity index (χ3n) is 2.45. The Labute approximate surface area is 105 Å². The quantitative estimate of drug-likeness (QED) is 0.793. The molecule has 0 atom stereocenters. The second-order valence-electron chi connectivity index (χ2n) is 3.82. The number of aryl methyl sites for hydroxylation is 1. The Hall–Kier alpha value is -1.64. The van der Waals surface area contributed by atoms with Gasteiger partial charge in [-0.3, -0.25) is 4.68 Å². The van der Waals surface area contributed by atoms with Crippen molar-refractivity contribution in [2.45, 2.75) is 18.2 Å². The molecule has 18 heavy (non-hydrogen) atoms. The van der Waals surface area contributed by atoms with Crippen LogP contribution in [0.5, 0.6) is 0 Å². The first kappa shape index (κ1) is 12.8. The standard InChI is InChI=1S/C10H14N4O3S/c1-14-8(4-5-13-14)6-12-7-9-2-3-10(17-9)18(11,15)16/h2-5,12H,6-7H2,1H3,(H2,11,15,16). The average molecular weight is 270 g/mol. The Balaban J connectivity index is 1.92. The van der Waals surface area contributed by atoms with Gasteiger partial charge in [0.2, 0.25) is 5.09 Å². The van der Waals surface area contributed by atoms with Crippen molar-refractivity contribution in [2.24, 2.45) is 12.2 Å². The van der Waals surface area contributed by atoms with Gasteiger partial charge >= 0.3 is 0 Å². The molecule has 0 aliphatic carbocycles. The van der Waals surface area contributed by atoms with Crippen LogP contribution in [-0.4, -0.2) is 18.2 Å². The average Bonchev–Trinajstić information content (AvgIpc) is 2.88. The van der Waals surface area contributed by atoms with E-state index in [9.17, 15) is 8.42 Å². The highest BCUT2D eigenvalue weighted by atomic mass is 32.2. The minimum atomic E-state index is -3.77. The van der Waals surface area contributed by atoms with Crippen LogP contribution in [-0.2, 0) is 30.2 Å². The van der Waals surface area contributed by atoms with E-state index < -0.39 is 10.0 Å². The molecule has 0 radical (unpaired) electrons. The molecule has 0 saturated carbocycles. The zero-order valence-corrected chi connectivity index (χ0v) is 10.6. The summed E-state index contributed by atoms with van der Waals surface area (Å²) in [6.45, 7) is 1.03. The number of nitrogens with zero attached hydrogens (tertiary/aromatic N) is 2. The lowest BCUT2D eigenvalue weighted by Gasteiger charge is -2.03. The molecule has 0 aliphatic heterocycles. The summed E-state index contributed by atoms with van der Waals surface area (Å²) in [7, 11) is -1.92. The fourth-order valence-electron chi connectivity index (χ4n) is 1.49. The summed E-state index contributed by atoms with van der Waals surface area (Å²) in [5, 5.41) is 11.9. The van der Waals surface area contributed by atoms with Gasteiger partial charge in [0.25, 0.3) is 10.0 Å². The number of nitrogens with two attached hydrogens (primary N) is 1. The minimum absolute atomic E-state index is 0.222. The van der Waals surface area contributed by atoms with Gasteiger partial charge in [-0.25, -0.2) is 13.6 Å². The van der Waals surface area contributed by atoms with Gasteiger partial charge in [0.1, 0.15) is 5.76 Å². The molecule has 8 heteroatoms. The number of sulfonamides is 1. The summed E-state index contributed by atoms with van der Waals surface area (Å²) >= 11 is 0. The molecule has 2 rings (SSSR count). The lowest BCUT2D eigenvalue weighted by Crippen LogP contribution is -2.15. The molecule has 2 aromatic rings. The van der Waals surface area contributed by atoms with E-state index in [4.69, 9.17) is 9.56 Å². The van der Waals surface area contributed by atoms with Crippen molar-refractivity contribution < 1.29 is 12.8 Å². The van der Waals surface area contributed by atoms with Gasteiger partial charge in [-0.2, -0.15) is 5.10 Å². The van der Waals surface area contributed by atoms with Crippen LogP contribution in [0.1, 0.15) is 11.5 Å². The topological polar surface area (TPSA) is 103 Å². The van der Waals surface area contributed by atoms with Crippen LogP contribution in [0.3, 0.4) is 0 Å². The zero-order chi connectivity index (χ0) is 13.2. The van der Waals surface area contributed by atoms with Gasteiger partial charge in [-0.1, -0.05) is 0 Å². The molecule has 98 valence electrons. The van der Waals surface area contributed by atoms with Crippen molar-refractivity contribution in [1.29, 1.82) is 0 Å². The number of hydrogen-bond acceptors (Lipinski definition) is 5. The third-order valence-corrected chi connectivity index (χ3v) is 3.23. The highest BCUT2D eigenvalue weighted by molar-refractivity contribution is 7.89. The number of rotatable bonds is 5. The molecule has 0 aromatic carbocycles. The van der Waals surface area contributed by atoms with Gasteiger partial charge in [0.15, 0.2) is 0 Å². The lowest BCUT2D eigenvalue weighted by molar-refractivity contribution is 0.401. The monoisotopic (exact) mass is 270 g/mol. The first-order valence-corrected chi connectivity index (χ1v) is 6.80. The molecule has 2 aromatic heterocycles. The Bertz CT molecular complexity index is 629. The number of nitrogens with one attached hydrogen (secondary N) is 1. The summed E-state index contributed by atoms with van der Waals surface area (Å²) in [5.74, 6) is 0.515. The molecule has 3 N–H and O–H groups in total. The van der Waals surface area contributed by atoms with Gasteiger partial charge < -0.3 is 9.73 Å². The highest BCUT2D eigenvalue weighted by Crippen LogP contribution is 2.11. The smallest absolute Gasteiger partial charge is 0.271 e. The molecule has 2 heterocycles. The summed E-state index contributed by atoms with van der Waals surface area (Å²) in [6, 6.07) is 4.82. The number of furan rings is 1. The van der Waals surface area contributed by atoms with Crippen LogP contribution >= 0.6 is 0 Å². The van der Waals surface area contributed by atoms with Crippen molar-refractivity contribution in [1.82, 2.24) is 15.1 Å². The molecular formula is C10H14N4O3S. The fourth-order valence-corrected chi connectivity index (χ4v) is 1.98. The molecule has 0 saturated heterocycles. The van der Waals surface area contributed by atoms with Crippen molar-refractivity contribution in [2.75, 3.05) is 0 Å². The van der Waals surface area contributed by atoms with E-state index in [1.165, 1.54) is 6.07 Å². The number of hydrogen-bond donors (Lipinski definition) is 2. The first-order chi connectivity index (χ1) is 8.47. The number of aromatic nitrogens is 2. The van der Waals surface area contributed by atoms with Crippen LogP contribution in [0, 0.1) is 0 Å². The molecule has 7 nitrogen and oxygen atoms in total. The van der Waals surface area contributed by atoms with Gasteiger partial charge in [-0.15, -0.1) is 0 Å². The summed E-state index contributed by atoms with van der Waals surface area (Å²) < 4.78 is 28.9. The number of primary sulfonamides is 1. The van der Waals surface area contributed by atoms with Crippen molar-refractivity contribution in [3.05, 3.63) is 35.9 Å². The first-order valence-electron chi connectivity index (χ1n) is 5.26. The second kappa shape index (κ2) is 4.92. The van der Waals surface area contributed by atoms with Crippen molar-refractivity contribution >= 4 is 10.0 Å². The van der Waals surface area contributed by atoms with Crippen LogP contribution < -0.4 is 10.5 Å². The molecule has 0 spiro atoms. The van der Waals surface area contributed by atoms with Crippen LogP contribution in [0.2, 0.25) is 0 Å². The molecule has 0 amide bonds. The summed E-state index contributed by atoms with van der Waals surface area (Å²) in [4.78, 5) is 0.